The molecule has 1 aromatic heterocycles. The van der Waals surface area contributed by atoms with Gasteiger partial charge in [-0.05, 0) is 50.6 Å². The van der Waals surface area contributed by atoms with E-state index >= 15 is 0 Å². The van der Waals surface area contributed by atoms with Crippen molar-refractivity contribution in [1.82, 2.24) is 4.98 Å². The maximum atomic E-state index is 14.9. The Bertz CT molecular complexity index is 1070. The highest BCUT2D eigenvalue weighted by Gasteiger charge is 2.60. The molecule has 2 aromatic rings. The summed E-state index contributed by atoms with van der Waals surface area (Å²) >= 11 is 0. The zero-order valence-corrected chi connectivity index (χ0v) is 17.4. The molecule has 2 atom stereocenters. The van der Waals surface area contributed by atoms with Gasteiger partial charge in [0.15, 0.2) is 11.2 Å². The highest BCUT2D eigenvalue weighted by molar-refractivity contribution is 6.04. The number of aryl methyl sites for hydroxylation is 1. The standard InChI is InChI=1S/C21H22F4N4O2/c1-11-7-13(31-4)9-27-16(11)17(30)28-12-5-6-15(22)14(8-12)20(3)21(24,25)10-19(2,23)18(26)29-20/h5-9H,10H2,1-4H3,(H2,26,29)(H,28,30)/t19-,20+/m0/s1. The van der Waals surface area contributed by atoms with E-state index in [0.717, 1.165) is 26.0 Å². The number of nitrogens with one attached hydrogen (secondary N) is 1. The van der Waals surface area contributed by atoms with Crippen LogP contribution in [0.15, 0.2) is 35.5 Å². The van der Waals surface area contributed by atoms with E-state index in [1.807, 2.05) is 0 Å². The van der Waals surface area contributed by atoms with E-state index in [1.165, 1.54) is 19.4 Å². The molecular formula is C21H22F4N4O2. The first kappa shape index (κ1) is 22.5. The number of carbonyl (C=O) groups is 1. The summed E-state index contributed by atoms with van der Waals surface area (Å²) in [7, 11) is 1.46. The largest absolute Gasteiger partial charge is 0.495 e. The number of aromatic nitrogens is 1. The average Bonchev–Trinajstić information content (AvgIpc) is 2.67. The van der Waals surface area contributed by atoms with Crippen molar-refractivity contribution in [3.8, 4) is 5.75 Å². The summed E-state index contributed by atoms with van der Waals surface area (Å²) in [6.45, 7) is 3.53. The van der Waals surface area contributed by atoms with E-state index in [-0.39, 0.29) is 11.4 Å². The number of benzene rings is 1. The van der Waals surface area contributed by atoms with Gasteiger partial charge >= 0.3 is 0 Å². The molecule has 0 saturated carbocycles. The molecule has 0 unspecified atom stereocenters. The van der Waals surface area contributed by atoms with Crippen LogP contribution in [0.25, 0.3) is 0 Å². The Balaban J connectivity index is 1.99. The van der Waals surface area contributed by atoms with Crippen molar-refractivity contribution in [2.45, 2.75) is 44.3 Å². The number of amides is 1. The fourth-order valence-corrected chi connectivity index (χ4v) is 3.44. The number of methoxy groups -OCH3 is 1. The first-order valence-electron chi connectivity index (χ1n) is 9.35. The molecule has 0 aliphatic carbocycles. The molecule has 0 saturated heterocycles. The summed E-state index contributed by atoms with van der Waals surface area (Å²) in [5.74, 6) is -5.54. The molecule has 1 amide bonds. The number of ether oxygens (including phenoxy) is 1. The normalized spacial score (nSPS) is 25.0. The van der Waals surface area contributed by atoms with Crippen LogP contribution in [0.2, 0.25) is 0 Å². The monoisotopic (exact) mass is 438 g/mol. The van der Waals surface area contributed by atoms with E-state index in [9.17, 15) is 22.4 Å². The number of nitrogens with zero attached hydrogens (tertiary/aromatic N) is 2. The van der Waals surface area contributed by atoms with Crippen LogP contribution in [0.1, 0.15) is 41.9 Å². The van der Waals surface area contributed by atoms with Crippen LogP contribution in [0.5, 0.6) is 5.75 Å². The van der Waals surface area contributed by atoms with Crippen molar-refractivity contribution in [1.29, 1.82) is 0 Å². The number of nitrogens with two attached hydrogens (primary N) is 1. The molecule has 0 radical (unpaired) electrons. The smallest absolute Gasteiger partial charge is 0.280 e. The van der Waals surface area contributed by atoms with Gasteiger partial charge in [-0.25, -0.2) is 22.5 Å². The third-order valence-corrected chi connectivity index (χ3v) is 5.40. The van der Waals surface area contributed by atoms with Gasteiger partial charge in [0.25, 0.3) is 11.8 Å². The van der Waals surface area contributed by atoms with Gasteiger partial charge in [0.2, 0.25) is 0 Å². The van der Waals surface area contributed by atoms with Crippen molar-refractivity contribution >= 4 is 17.4 Å². The minimum Gasteiger partial charge on any atom is -0.495 e. The van der Waals surface area contributed by atoms with Crippen LogP contribution in [-0.2, 0) is 5.54 Å². The second-order valence-electron chi connectivity index (χ2n) is 7.84. The van der Waals surface area contributed by atoms with E-state index in [2.05, 4.69) is 15.3 Å². The summed E-state index contributed by atoms with van der Waals surface area (Å²) in [4.78, 5) is 20.3. The lowest BCUT2D eigenvalue weighted by atomic mass is 9.77. The Hall–Kier alpha value is -3.17. The lowest BCUT2D eigenvalue weighted by Crippen LogP contribution is -2.56. The number of carbonyl (C=O) groups excluding carboxylic acids is 1. The molecule has 0 spiro atoms. The Kier molecular flexibility index (Phi) is 5.45. The summed E-state index contributed by atoms with van der Waals surface area (Å²) < 4.78 is 63.8. The number of pyridine rings is 1. The summed E-state index contributed by atoms with van der Waals surface area (Å²) in [6, 6.07) is 4.78. The molecule has 3 rings (SSSR count). The Morgan fingerprint density at radius 2 is 1.90 bits per heavy atom. The van der Waals surface area contributed by atoms with Crippen molar-refractivity contribution in [3.63, 3.8) is 0 Å². The van der Waals surface area contributed by atoms with Gasteiger partial charge < -0.3 is 15.8 Å². The van der Waals surface area contributed by atoms with E-state index < -0.39 is 46.7 Å². The lowest BCUT2D eigenvalue weighted by molar-refractivity contribution is -0.106. The number of rotatable bonds is 4. The minimum absolute atomic E-state index is 0.0396. The molecule has 2 heterocycles. The number of hydrogen-bond acceptors (Lipinski definition) is 5. The van der Waals surface area contributed by atoms with Crippen molar-refractivity contribution in [3.05, 3.63) is 53.1 Å². The van der Waals surface area contributed by atoms with Crippen LogP contribution in [0.4, 0.5) is 23.2 Å². The molecule has 0 bridgehead atoms. The van der Waals surface area contributed by atoms with E-state index in [1.54, 1.807) is 13.0 Å². The fraction of sp³-hybridized carbons (Fsp3) is 0.381. The third-order valence-electron chi connectivity index (χ3n) is 5.40. The van der Waals surface area contributed by atoms with Gasteiger partial charge in [0.1, 0.15) is 23.1 Å². The Morgan fingerprint density at radius 3 is 2.52 bits per heavy atom. The van der Waals surface area contributed by atoms with Gasteiger partial charge in [-0.2, -0.15) is 0 Å². The van der Waals surface area contributed by atoms with Crippen molar-refractivity contribution in [2.24, 2.45) is 10.7 Å². The SMILES string of the molecule is COc1cnc(C(=O)Nc2ccc(F)c([C@@]3(C)N=C(N)[C@@](C)(F)CC3(F)F)c2)c(C)c1. The quantitative estimate of drug-likeness (QED) is 0.703. The predicted octanol–water partition coefficient (Wildman–Crippen LogP) is 4.13. The maximum absolute atomic E-state index is 14.9. The molecule has 1 aromatic carbocycles. The Morgan fingerprint density at radius 1 is 1.23 bits per heavy atom. The molecule has 3 N–H and O–H groups in total. The molecule has 31 heavy (non-hydrogen) atoms. The molecule has 0 fully saturated rings. The lowest BCUT2D eigenvalue weighted by Gasteiger charge is -2.42. The van der Waals surface area contributed by atoms with Crippen molar-refractivity contribution in [2.75, 3.05) is 12.4 Å². The van der Waals surface area contributed by atoms with Gasteiger partial charge in [0, 0.05) is 11.3 Å². The first-order chi connectivity index (χ1) is 14.3. The highest BCUT2D eigenvalue weighted by atomic mass is 19.3. The highest BCUT2D eigenvalue weighted by Crippen LogP contribution is 2.50. The molecular weight excluding hydrogens is 416 g/mol. The van der Waals surface area contributed by atoms with Crippen LogP contribution in [-0.4, -0.2) is 35.4 Å². The third kappa shape index (κ3) is 3.94. The molecule has 6 nitrogen and oxygen atoms in total. The second-order valence-corrected chi connectivity index (χ2v) is 7.84. The average molecular weight is 438 g/mol. The molecule has 1 aliphatic heterocycles. The van der Waals surface area contributed by atoms with Gasteiger partial charge in [-0.3, -0.25) is 9.79 Å². The molecule has 1 aliphatic rings. The van der Waals surface area contributed by atoms with Gasteiger partial charge in [0.05, 0.1) is 19.7 Å². The Labute approximate surface area is 176 Å². The van der Waals surface area contributed by atoms with E-state index in [4.69, 9.17) is 10.5 Å². The number of amidine groups is 1. The topological polar surface area (TPSA) is 89.6 Å². The zero-order chi connectivity index (χ0) is 23.2. The maximum Gasteiger partial charge on any atom is 0.280 e. The van der Waals surface area contributed by atoms with Crippen molar-refractivity contribution < 1.29 is 27.1 Å². The van der Waals surface area contributed by atoms with Crippen LogP contribution >= 0.6 is 0 Å². The second kappa shape index (κ2) is 7.51. The van der Waals surface area contributed by atoms with Gasteiger partial charge in [-0.15, -0.1) is 0 Å². The molecule has 10 heteroatoms. The predicted molar refractivity (Wildman–Crippen MR) is 108 cm³/mol. The summed E-state index contributed by atoms with van der Waals surface area (Å²) in [5, 5.41) is 2.51. The fourth-order valence-electron chi connectivity index (χ4n) is 3.44. The number of alkyl halides is 3. The number of halogens is 4. The number of aliphatic imine (C=N–C) groups is 1. The zero-order valence-electron chi connectivity index (χ0n) is 17.4. The van der Waals surface area contributed by atoms with Crippen LogP contribution < -0.4 is 15.8 Å². The van der Waals surface area contributed by atoms with Crippen LogP contribution in [0.3, 0.4) is 0 Å². The van der Waals surface area contributed by atoms with E-state index in [0.29, 0.717) is 11.3 Å². The van der Waals surface area contributed by atoms with Gasteiger partial charge in [-0.1, -0.05) is 0 Å². The molecule has 166 valence electrons. The summed E-state index contributed by atoms with van der Waals surface area (Å²) in [6.07, 6.45) is 0.101. The number of anilines is 1. The summed E-state index contributed by atoms with van der Waals surface area (Å²) in [5.41, 5.74) is 0.699. The first-order valence-corrected chi connectivity index (χ1v) is 9.35. The number of hydrogen-bond donors (Lipinski definition) is 2. The minimum atomic E-state index is -3.74. The van der Waals surface area contributed by atoms with Crippen LogP contribution in [0, 0.1) is 12.7 Å².